The molecule has 4 rings (SSSR count). The number of para-hydroxylation sites is 1. The molecule has 0 saturated carbocycles. The van der Waals surface area contributed by atoms with Crippen molar-refractivity contribution in [1.29, 1.82) is 0 Å². The van der Waals surface area contributed by atoms with Crippen molar-refractivity contribution >= 4 is 46.7 Å². The van der Waals surface area contributed by atoms with E-state index in [1.54, 1.807) is 24.3 Å². The molecule has 1 atom stereocenters. The van der Waals surface area contributed by atoms with E-state index in [0.717, 1.165) is 17.1 Å². The topological polar surface area (TPSA) is 66.7 Å². The van der Waals surface area contributed by atoms with Crippen LogP contribution in [0.5, 0.6) is 0 Å². The van der Waals surface area contributed by atoms with Crippen molar-refractivity contribution in [3.63, 3.8) is 0 Å². The van der Waals surface area contributed by atoms with Crippen LogP contribution in [0.1, 0.15) is 11.4 Å². The Morgan fingerprint density at radius 2 is 1.53 bits per heavy atom. The minimum absolute atomic E-state index is 0.0719. The molecule has 0 radical (unpaired) electrons. The molecular weight excluding hydrogens is 396 g/mol. The van der Waals surface area contributed by atoms with E-state index in [0.29, 0.717) is 11.4 Å². The van der Waals surface area contributed by atoms with Crippen LogP contribution >= 0.6 is 12.2 Å². The number of aliphatic imine (C=N–C) groups is 1. The van der Waals surface area contributed by atoms with E-state index in [9.17, 15) is 9.59 Å². The summed E-state index contributed by atoms with van der Waals surface area (Å²) < 4.78 is 2.14. The molecule has 0 bridgehead atoms. The summed E-state index contributed by atoms with van der Waals surface area (Å²) in [7, 11) is 0. The van der Waals surface area contributed by atoms with E-state index >= 15 is 0 Å². The number of thiocarbonyl (C=S) groups is 1. The Bertz CT molecular complexity index is 1130. The predicted octanol–water partition coefficient (Wildman–Crippen LogP) is 3.86. The number of amides is 2. The molecule has 30 heavy (non-hydrogen) atoms. The van der Waals surface area contributed by atoms with Crippen molar-refractivity contribution in [3.05, 3.63) is 78.1 Å². The third-order valence-corrected chi connectivity index (χ3v) is 5.25. The number of hydrogen-bond donors (Lipinski definition) is 1. The molecule has 0 aliphatic carbocycles. The first-order valence-electron chi connectivity index (χ1n) is 9.49. The highest BCUT2D eigenvalue weighted by Crippen LogP contribution is 2.22. The van der Waals surface area contributed by atoms with Gasteiger partial charge in [-0.05, 0) is 74.6 Å². The van der Waals surface area contributed by atoms with Gasteiger partial charge in [0.2, 0.25) is 5.91 Å². The maximum atomic E-state index is 12.9. The fourth-order valence-corrected chi connectivity index (χ4v) is 3.76. The van der Waals surface area contributed by atoms with Gasteiger partial charge in [-0.15, -0.1) is 0 Å². The number of nitrogens with zero attached hydrogens (tertiary/aromatic N) is 3. The lowest BCUT2D eigenvalue weighted by atomic mass is 10.1. The molecule has 1 aliphatic rings. The minimum Gasteiger partial charge on any atom is -0.319 e. The average molecular weight is 417 g/mol. The number of rotatable bonds is 4. The van der Waals surface area contributed by atoms with E-state index in [4.69, 9.17) is 12.2 Å². The number of anilines is 1. The van der Waals surface area contributed by atoms with Gasteiger partial charge in [-0.1, -0.05) is 18.2 Å². The minimum atomic E-state index is -1.05. The van der Waals surface area contributed by atoms with Crippen LogP contribution in [-0.2, 0) is 9.59 Å². The van der Waals surface area contributed by atoms with Gasteiger partial charge in [0.05, 0.1) is 11.4 Å². The summed E-state index contributed by atoms with van der Waals surface area (Å²) in [6, 6.07) is 20.8. The van der Waals surface area contributed by atoms with Crippen molar-refractivity contribution in [2.24, 2.45) is 10.9 Å². The van der Waals surface area contributed by atoms with Crippen molar-refractivity contribution in [2.45, 2.75) is 13.8 Å². The smallest absolute Gasteiger partial charge is 0.251 e. The maximum Gasteiger partial charge on any atom is 0.251 e. The Hall–Kier alpha value is -3.58. The molecule has 6 nitrogen and oxygen atoms in total. The van der Waals surface area contributed by atoms with Gasteiger partial charge in [-0.25, -0.2) is 0 Å². The summed E-state index contributed by atoms with van der Waals surface area (Å²) >= 11 is 5.19. The summed E-state index contributed by atoms with van der Waals surface area (Å²) in [6.07, 6.45) is 1.37. The first kappa shape index (κ1) is 19.7. The summed E-state index contributed by atoms with van der Waals surface area (Å²) in [5.74, 6) is -1.95. The van der Waals surface area contributed by atoms with Crippen LogP contribution in [0.3, 0.4) is 0 Å². The summed E-state index contributed by atoms with van der Waals surface area (Å²) in [5.41, 5.74) is 4.57. The predicted molar refractivity (Wildman–Crippen MR) is 122 cm³/mol. The normalized spacial score (nSPS) is 16.9. The fraction of sp³-hybridized carbons (Fsp3) is 0.130. The van der Waals surface area contributed by atoms with Gasteiger partial charge in [-0.2, -0.15) is 0 Å². The lowest BCUT2D eigenvalue weighted by Gasteiger charge is -2.30. The highest BCUT2D eigenvalue weighted by Gasteiger charge is 2.38. The van der Waals surface area contributed by atoms with Gasteiger partial charge >= 0.3 is 0 Å². The van der Waals surface area contributed by atoms with Gasteiger partial charge in [-0.3, -0.25) is 19.5 Å². The van der Waals surface area contributed by atoms with Crippen LogP contribution in [-0.4, -0.2) is 27.7 Å². The second-order valence-electron chi connectivity index (χ2n) is 7.03. The van der Waals surface area contributed by atoms with E-state index in [1.807, 2.05) is 30.3 Å². The fourth-order valence-electron chi connectivity index (χ4n) is 3.47. The monoisotopic (exact) mass is 416 g/mol. The molecule has 2 aromatic carbocycles. The van der Waals surface area contributed by atoms with Gasteiger partial charge in [0.1, 0.15) is 0 Å². The number of nitrogens with one attached hydrogen (secondary N) is 1. The van der Waals surface area contributed by atoms with E-state index in [1.165, 1.54) is 11.1 Å². The molecule has 1 saturated heterocycles. The summed E-state index contributed by atoms with van der Waals surface area (Å²) in [4.78, 5) is 31.0. The van der Waals surface area contributed by atoms with E-state index in [-0.39, 0.29) is 5.11 Å². The molecule has 0 unspecified atom stereocenters. The van der Waals surface area contributed by atoms with Crippen LogP contribution in [0.2, 0.25) is 0 Å². The lowest BCUT2D eigenvalue weighted by Crippen LogP contribution is -2.58. The zero-order valence-corrected chi connectivity index (χ0v) is 17.4. The van der Waals surface area contributed by atoms with Crippen LogP contribution in [0.4, 0.5) is 11.4 Å². The molecule has 7 heteroatoms. The molecule has 0 spiro atoms. The number of carbonyl (C=O) groups is 2. The second-order valence-corrected chi connectivity index (χ2v) is 7.41. The Morgan fingerprint density at radius 3 is 2.17 bits per heavy atom. The number of hydrogen-bond acceptors (Lipinski definition) is 4. The maximum absolute atomic E-state index is 12.9. The molecular formula is C23H20N4O2S. The largest absolute Gasteiger partial charge is 0.319 e. The number of aromatic nitrogens is 1. The highest BCUT2D eigenvalue weighted by molar-refractivity contribution is 7.80. The zero-order chi connectivity index (χ0) is 21.3. The molecule has 3 aromatic rings. The first-order valence-corrected chi connectivity index (χ1v) is 9.90. The lowest BCUT2D eigenvalue weighted by molar-refractivity contribution is -0.130. The van der Waals surface area contributed by atoms with Gasteiger partial charge < -0.3 is 9.88 Å². The Labute approximate surface area is 179 Å². The standard InChI is InChI=1S/C23H20N4O2S/c1-15-8-9-16(2)26(15)19-12-10-17(11-13-19)24-14-20-21(28)25-23(30)27(22(20)29)18-6-4-3-5-7-18/h3-14,20H,1-2H3,(H,25,28,30)/t20-/m1/s1. The van der Waals surface area contributed by atoms with Crippen molar-refractivity contribution in [1.82, 2.24) is 9.88 Å². The number of carbonyl (C=O) groups excluding carboxylic acids is 2. The SMILES string of the molecule is Cc1ccc(C)n1-c1ccc(N=C[C@@H]2C(=O)NC(=S)N(c3ccccc3)C2=O)cc1. The molecule has 2 amide bonds. The summed E-state index contributed by atoms with van der Waals surface area (Å²) in [5, 5.41) is 2.66. The molecule has 1 fully saturated rings. The average Bonchev–Trinajstić information content (AvgIpc) is 3.07. The highest BCUT2D eigenvalue weighted by atomic mass is 32.1. The molecule has 1 aromatic heterocycles. The van der Waals surface area contributed by atoms with E-state index in [2.05, 4.69) is 40.9 Å². The Kier molecular flexibility index (Phi) is 5.29. The second kappa shape index (κ2) is 8.04. The number of benzene rings is 2. The number of aryl methyl sites for hydroxylation is 2. The van der Waals surface area contributed by atoms with Crippen molar-refractivity contribution in [3.8, 4) is 5.69 Å². The van der Waals surface area contributed by atoms with Gasteiger partial charge in [0.25, 0.3) is 5.91 Å². The molecule has 1 aliphatic heterocycles. The van der Waals surface area contributed by atoms with Gasteiger partial charge in [0.15, 0.2) is 11.0 Å². The third-order valence-electron chi connectivity index (χ3n) is 4.97. The van der Waals surface area contributed by atoms with Gasteiger partial charge in [0, 0.05) is 23.3 Å². The van der Waals surface area contributed by atoms with Crippen LogP contribution in [0, 0.1) is 19.8 Å². The summed E-state index contributed by atoms with van der Waals surface area (Å²) in [6.45, 7) is 4.10. The molecule has 150 valence electrons. The molecule has 1 N–H and O–H groups in total. The first-order chi connectivity index (χ1) is 14.5. The Balaban J connectivity index is 1.56. The van der Waals surface area contributed by atoms with Crippen LogP contribution in [0.15, 0.2) is 71.7 Å². The molecule has 2 heterocycles. The van der Waals surface area contributed by atoms with Crippen LogP contribution < -0.4 is 10.2 Å². The third kappa shape index (κ3) is 3.67. The van der Waals surface area contributed by atoms with E-state index < -0.39 is 17.7 Å². The Morgan fingerprint density at radius 1 is 0.900 bits per heavy atom. The quantitative estimate of drug-likeness (QED) is 0.399. The van der Waals surface area contributed by atoms with Crippen molar-refractivity contribution < 1.29 is 9.59 Å². The van der Waals surface area contributed by atoms with Crippen LogP contribution in [0.25, 0.3) is 5.69 Å². The van der Waals surface area contributed by atoms with Crippen molar-refractivity contribution in [2.75, 3.05) is 4.90 Å². The zero-order valence-electron chi connectivity index (χ0n) is 16.6.